The van der Waals surface area contributed by atoms with Gasteiger partial charge in [0.15, 0.2) is 6.10 Å². The third-order valence-corrected chi connectivity index (χ3v) is 12.5. The van der Waals surface area contributed by atoms with E-state index in [9.17, 15) is 14.4 Å². The van der Waals surface area contributed by atoms with Crippen LogP contribution in [0, 0.1) is 5.92 Å². The van der Waals surface area contributed by atoms with Gasteiger partial charge in [0.1, 0.15) is 13.2 Å². The molecule has 0 N–H and O–H groups in total. The van der Waals surface area contributed by atoms with E-state index in [0.717, 1.165) is 63.7 Å². The van der Waals surface area contributed by atoms with E-state index in [1.165, 1.54) is 205 Å². The first-order valence-corrected chi connectivity index (χ1v) is 27.4. The highest BCUT2D eigenvalue weighted by molar-refractivity contribution is 5.71. The standard InChI is InChI=1S/C55H106O6/c1-5-7-9-11-13-14-15-16-21-25-28-31-35-39-43-47-54(57)60-50-52(49-59-53(56)46-42-38-33-12-10-8-6-2)61-55(58)48-44-40-36-32-29-26-23-20-18-17-19-22-24-27-30-34-37-41-45-51(3)4/h51-52H,5-50H2,1-4H3/t52-/m0/s1. The lowest BCUT2D eigenvalue weighted by molar-refractivity contribution is -0.167. The molecule has 0 fully saturated rings. The van der Waals surface area contributed by atoms with E-state index in [4.69, 9.17) is 14.2 Å². The molecule has 0 bridgehead atoms. The molecule has 0 spiro atoms. The third kappa shape index (κ3) is 49.3. The number of esters is 3. The summed E-state index contributed by atoms with van der Waals surface area (Å²) in [5, 5.41) is 0. The number of ether oxygens (including phenoxy) is 3. The van der Waals surface area contributed by atoms with Crippen molar-refractivity contribution in [2.75, 3.05) is 13.2 Å². The second-order valence-corrected chi connectivity index (χ2v) is 19.3. The topological polar surface area (TPSA) is 78.9 Å². The molecule has 0 aliphatic rings. The number of hydrogen-bond donors (Lipinski definition) is 0. The molecule has 0 amide bonds. The SMILES string of the molecule is CCCCCCCCCCCCCCCCCC(=O)OC[C@H](COC(=O)CCCCCCCCC)OC(=O)CCCCCCCCCCCCCCCCCCCCC(C)C. The maximum Gasteiger partial charge on any atom is 0.306 e. The Morgan fingerprint density at radius 2 is 0.541 bits per heavy atom. The molecule has 61 heavy (non-hydrogen) atoms. The predicted octanol–water partition coefficient (Wildman–Crippen LogP) is 17.8. The van der Waals surface area contributed by atoms with Crippen molar-refractivity contribution in [3.05, 3.63) is 0 Å². The van der Waals surface area contributed by atoms with Gasteiger partial charge >= 0.3 is 17.9 Å². The highest BCUT2D eigenvalue weighted by Crippen LogP contribution is 2.18. The van der Waals surface area contributed by atoms with Gasteiger partial charge in [-0.05, 0) is 25.2 Å². The van der Waals surface area contributed by atoms with Gasteiger partial charge in [-0.25, -0.2) is 0 Å². The summed E-state index contributed by atoms with van der Waals surface area (Å²) in [6.45, 7) is 9.02. The first-order chi connectivity index (χ1) is 29.9. The second kappa shape index (κ2) is 49.4. The molecular formula is C55H106O6. The average molecular weight is 863 g/mol. The van der Waals surface area contributed by atoms with Crippen LogP contribution in [-0.4, -0.2) is 37.2 Å². The van der Waals surface area contributed by atoms with Crippen molar-refractivity contribution in [3.8, 4) is 0 Å². The van der Waals surface area contributed by atoms with Gasteiger partial charge in [0.2, 0.25) is 0 Å². The number of unbranched alkanes of at least 4 members (excludes halogenated alkanes) is 37. The van der Waals surface area contributed by atoms with Gasteiger partial charge in [-0.1, -0.05) is 272 Å². The van der Waals surface area contributed by atoms with Gasteiger partial charge in [0.05, 0.1) is 0 Å². The van der Waals surface area contributed by atoms with Crippen molar-refractivity contribution in [1.29, 1.82) is 0 Å². The normalized spacial score (nSPS) is 12.0. The molecule has 0 unspecified atom stereocenters. The molecule has 6 heteroatoms. The highest BCUT2D eigenvalue weighted by atomic mass is 16.6. The van der Waals surface area contributed by atoms with Crippen LogP contribution >= 0.6 is 0 Å². The van der Waals surface area contributed by atoms with Crippen molar-refractivity contribution >= 4 is 17.9 Å². The lowest BCUT2D eigenvalue weighted by atomic mass is 10.0. The summed E-state index contributed by atoms with van der Waals surface area (Å²) >= 11 is 0. The van der Waals surface area contributed by atoms with Crippen LogP contribution in [0.5, 0.6) is 0 Å². The van der Waals surface area contributed by atoms with Crippen LogP contribution in [0.4, 0.5) is 0 Å². The molecule has 0 radical (unpaired) electrons. The Bertz CT molecular complexity index is 918. The fourth-order valence-electron chi connectivity index (χ4n) is 8.39. The van der Waals surface area contributed by atoms with Crippen LogP contribution in [0.15, 0.2) is 0 Å². The van der Waals surface area contributed by atoms with Gasteiger partial charge in [-0.3, -0.25) is 14.4 Å². The summed E-state index contributed by atoms with van der Waals surface area (Å²) in [7, 11) is 0. The Balaban J connectivity index is 4.14. The van der Waals surface area contributed by atoms with Gasteiger partial charge in [-0.2, -0.15) is 0 Å². The van der Waals surface area contributed by atoms with Gasteiger partial charge in [0.25, 0.3) is 0 Å². The number of carbonyl (C=O) groups excluding carboxylic acids is 3. The Morgan fingerprint density at radius 3 is 0.803 bits per heavy atom. The zero-order chi connectivity index (χ0) is 44.5. The maximum absolute atomic E-state index is 12.8. The zero-order valence-electron chi connectivity index (χ0n) is 41.6. The molecule has 0 saturated carbocycles. The van der Waals surface area contributed by atoms with Gasteiger partial charge in [-0.15, -0.1) is 0 Å². The second-order valence-electron chi connectivity index (χ2n) is 19.3. The van der Waals surface area contributed by atoms with Gasteiger partial charge in [0, 0.05) is 19.3 Å². The molecule has 0 aromatic rings. The lowest BCUT2D eigenvalue weighted by Crippen LogP contribution is -2.30. The van der Waals surface area contributed by atoms with Crippen molar-refractivity contribution in [1.82, 2.24) is 0 Å². The Morgan fingerprint density at radius 1 is 0.311 bits per heavy atom. The lowest BCUT2D eigenvalue weighted by Gasteiger charge is -2.18. The largest absolute Gasteiger partial charge is 0.462 e. The Hall–Kier alpha value is -1.59. The Labute approximate surface area is 380 Å². The maximum atomic E-state index is 12.8. The average Bonchev–Trinajstić information content (AvgIpc) is 3.24. The monoisotopic (exact) mass is 863 g/mol. The molecule has 0 aliphatic carbocycles. The van der Waals surface area contributed by atoms with Crippen LogP contribution in [0.1, 0.15) is 310 Å². The van der Waals surface area contributed by atoms with Crippen LogP contribution in [0.2, 0.25) is 0 Å². The minimum atomic E-state index is -0.759. The zero-order valence-corrected chi connectivity index (χ0v) is 41.6. The van der Waals surface area contributed by atoms with Crippen LogP contribution < -0.4 is 0 Å². The molecule has 0 rings (SSSR count). The van der Waals surface area contributed by atoms with Gasteiger partial charge < -0.3 is 14.2 Å². The molecule has 1 atom stereocenters. The van der Waals surface area contributed by atoms with Crippen molar-refractivity contribution in [2.24, 2.45) is 5.92 Å². The van der Waals surface area contributed by atoms with Crippen molar-refractivity contribution in [3.63, 3.8) is 0 Å². The fraction of sp³-hybridized carbons (Fsp3) is 0.945. The third-order valence-electron chi connectivity index (χ3n) is 12.5. The molecule has 6 nitrogen and oxygen atoms in total. The highest BCUT2D eigenvalue weighted by Gasteiger charge is 2.19. The molecule has 0 saturated heterocycles. The van der Waals surface area contributed by atoms with Crippen LogP contribution in [0.25, 0.3) is 0 Å². The minimum Gasteiger partial charge on any atom is -0.462 e. The van der Waals surface area contributed by atoms with Crippen LogP contribution in [0.3, 0.4) is 0 Å². The summed E-state index contributed by atoms with van der Waals surface area (Å²) in [6, 6.07) is 0. The minimum absolute atomic E-state index is 0.0627. The summed E-state index contributed by atoms with van der Waals surface area (Å²) < 4.78 is 16.8. The Kier molecular flexibility index (Phi) is 48.1. The smallest absolute Gasteiger partial charge is 0.306 e. The summed E-state index contributed by atoms with van der Waals surface area (Å²) in [5.41, 5.74) is 0. The molecule has 0 aromatic heterocycles. The van der Waals surface area contributed by atoms with E-state index in [2.05, 4.69) is 27.7 Å². The van der Waals surface area contributed by atoms with Crippen molar-refractivity contribution in [2.45, 2.75) is 316 Å². The summed E-state index contributed by atoms with van der Waals surface area (Å²) in [5.74, 6) is 0.0111. The van der Waals surface area contributed by atoms with E-state index >= 15 is 0 Å². The van der Waals surface area contributed by atoms with Crippen LogP contribution in [-0.2, 0) is 28.6 Å². The predicted molar refractivity (Wildman–Crippen MR) is 261 cm³/mol. The number of hydrogen-bond acceptors (Lipinski definition) is 6. The fourth-order valence-corrected chi connectivity index (χ4v) is 8.39. The quantitative estimate of drug-likeness (QED) is 0.0344. The molecule has 0 heterocycles. The van der Waals surface area contributed by atoms with E-state index in [-0.39, 0.29) is 31.1 Å². The molecule has 0 aromatic carbocycles. The number of rotatable bonds is 50. The first-order valence-electron chi connectivity index (χ1n) is 27.4. The van der Waals surface area contributed by atoms with E-state index in [1.807, 2.05) is 0 Å². The van der Waals surface area contributed by atoms with Crippen molar-refractivity contribution < 1.29 is 28.6 Å². The van der Waals surface area contributed by atoms with E-state index < -0.39 is 6.10 Å². The molecule has 362 valence electrons. The summed E-state index contributed by atoms with van der Waals surface area (Å²) in [6.07, 6.45) is 52.5. The first kappa shape index (κ1) is 59.4. The molecular weight excluding hydrogens is 757 g/mol. The summed E-state index contributed by atoms with van der Waals surface area (Å²) in [4.78, 5) is 37.8. The molecule has 0 aliphatic heterocycles. The van der Waals surface area contributed by atoms with E-state index in [1.54, 1.807) is 0 Å². The van der Waals surface area contributed by atoms with E-state index in [0.29, 0.717) is 19.3 Å². The number of carbonyl (C=O) groups is 3.